The average molecular weight is 605 g/mol. The van der Waals surface area contributed by atoms with Gasteiger partial charge in [-0.05, 0) is 78.9 Å². The van der Waals surface area contributed by atoms with E-state index in [2.05, 4.69) is 116 Å². The number of fused-ring (bicyclic) bond motifs is 4. The molecule has 4 aromatic carbocycles. The Kier molecular flexibility index (Phi) is 6.25. The fraction of sp³-hybridized carbons (Fsp3) is 0.0244. The van der Waals surface area contributed by atoms with Crippen LogP contribution in [-0.4, -0.2) is 29.1 Å². The highest BCUT2D eigenvalue weighted by molar-refractivity contribution is 6.11. The topological polar surface area (TPSA) is 61.4 Å². The third-order valence-electron chi connectivity index (χ3n) is 8.89. The van der Waals surface area contributed by atoms with Crippen LogP contribution >= 0.6 is 0 Å². The molecule has 0 unspecified atom stereocenters. The first-order valence-electron chi connectivity index (χ1n) is 15.6. The van der Waals surface area contributed by atoms with E-state index in [0.717, 1.165) is 72.9 Å². The van der Waals surface area contributed by atoms with Crippen molar-refractivity contribution in [2.75, 3.05) is 0 Å². The lowest BCUT2D eigenvalue weighted by atomic mass is 10.1. The van der Waals surface area contributed by atoms with Gasteiger partial charge in [0.25, 0.3) is 0 Å². The van der Waals surface area contributed by atoms with Crippen LogP contribution in [0.1, 0.15) is 0 Å². The third-order valence-corrected chi connectivity index (χ3v) is 8.89. The van der Waals surface area contributed by atoms with Crippen LogP contribution in [0, 0.1) is 0 Å². The minimum atomic E-state index is 0.910. The summed E-state index contributed by atoms with van der Waals surface area (Å²) in [7, 11) is 2.09. The Morgan fingerprint density at radius 1 is 0.447 bits per heavy atom. The molecular weight excluding hydrogens is 576 g/mol. The number of aryl methyl sites for hydroxylation is 1. The zero-order valence-corrected chi connectivity index (χ0v) is 25.6. The highest BCUT2D eigenvalue weighted by atomic mass is 15.1. The van der Waals surface area contributed by atoms with Crippen LogP contribution in [0.25, 0.3) is 83.7 Å². The van der Waals surface area contributed by atoms with Gasteiger partial charge in [-0.3, -0.25) is 15.0 Å². The van der Waals surface area contributed by atoms with Crippen molar-refractivity contribution in [3.05, 3.63) is 152 Å². The van der Waals surface area contributed by atoms with E-state index in [1.165, 1.54) is 10.8 Å². The van der Waals surface area contributed by atoms with Gasteiger partial charge in [-0.15, -0.1) is 0 Å². The number of rotatable bonds is 5. The summed E-state index contributed by atoms with van der Waals surface area (Å²) >= 11 is 0. The fourth-order valence-corrected chi connectivity index (χ4v) is 6.61. The SMILES string of the molecule is Cn1c(-c2ccc3c4cc(-c5ccccn5)ccc4n(-c4cccc(-c5ccccn5)c4)c3c2)nc2ccc(-c3ccccn3)cc21. The number of pyridine rings is 3. The number of hydrogen-bond donors (Lipinski definition) is 0. The first-order valence-corrected chi connectivity index (χ1v) is 15.6. The zero-order chi connectivity index (χ0) is 31.3. The summed E-state index contributed by atoms with van der Waals surface area (Å²) in [6, 6.07) is 46.3. The summed E-state index contributed by atoms with van der Waals surface area (Å²) in [5.41, 5.74) is 12.4. The van der Waals surface area contributed by atoms with Crippen LogP contribution in [0.3, 0.4) is 0 Å². The Bertz CT molecular complexity index is 2570. The first kappa shape index (κ1) is 27.0. The lowest BCUT2D eigenvalue weighted by Gasteiger charge is -2.11. The smallest absolute Gasteiger partial charge is 0.140 e. The Labute approximate surface area is 271 Å². The van der Waals surface area contributed by atoms with Gasteiger partial charge < -0.3 is 9.13 Å². The van der Waals surface area contributed by atoms with E-state index in [1.54, 1.807) is 0 Å². The van der Waals surface area contributed by atoms with Crippen LogP contribution in [0.4, 0.5) is 0 Å². The van der Waals surface area contributed by atoms with Crippen LogP contribution in [0.2, 0.25) is 0 Å². The molecule has 0 saturated heterocycles. The van der Waals surface area contributed by atoms with Gasteiger partial charge in [0.1, 0.15) is 5.82 Å². The summed E-state index contributed by atoms with van der Waals surface area (Å²) in [6.07, 6.45) is 5.51. The number of benzene rings is 4. The minimum Gasteiger partial charge on any atom is -0.327 e. The van der Waals surface area contributed by atoms with E-state index < -0.39 is 0 Å². The summed E-state index contributed by atoms with van der Waals surface area (Å²) in [5.74, 6) is 0.910. The first-order chi connectivity index (χ1) is 23.2. The maximum atomic E-state index is 5.10. The van der Waals surface area contributed by atoms with Crippen molar-refractivity contribution in [1.29, 1.82) is 0 Å². The van der Waals surface area contributed by atoms with Crippen molar-refractivity contribution in [3.8, 4) is 50.8 Å². The van der Waals surface area contributed by atoms with Crippen LogP contribution < -0.4 is 0 Å². The van der Waals surface area contributed by atoms with Crippen molar-refractivity contribution in [3.63, 3.8) is 0 Å². The maximum Gasteiger partial charge on any atom is 0.140 e. The molecule has 0 aliphatic rings. The molecule has 47 heavy (non-hydrogen) atoms. The van der Waals surface area contributed by atoms with E-state index >= 15 is 0 Å². The molecule has 0 N–H and O–H groups in total. The molecule has 0 saturated carbocycles. The minimum absolute atomic E-state index is 0.910. The Hall–Kier alpha value is -6.40. The summed E-state index contributed by atoms with van der Waals surface area (Å²) in [5, 5.41) is 2.34. The standard InChI is InChI=1S/C41H28N6/c1-46-40-25-29(36-13-4-7-22-44-36)15-18-37(40)45-41(46)30-14-17-32-33-24-28(35-12-3-6-21-43-35)16-19-38(33)47(39(32)26-30)31-10-8-9-27(23-31)34-11-2-5-20-42-34/h2-26H,1H3. The lowest BCUT2D eigenvalue weighted by molar-refractivity contribution is 0.959. The van der Waals surface area contributed by atoms with Gasteiger partial charge >= 0.3 is 0 Å². The molecule has 0 atom stereocenters. The van der Waals surface area contributed by atoms with Crippen molar-refractivity contribution < 1.29 is 0 Å². The zero-order valence-electron chi connectivity index (χ0n) is 25.6. The van der Waals surface area contributed by atoms with E-state index in [-0.39, 0.29) is 0 Å². The van der Waals surface area contributed by atoms with Gasteiger partial charge in [0.05, 0.1) is 39.1 Å². The van der Waals surface area contributed by atoms with Gasteiger partial charge in [0.15, 0.2) is 0 Å². The number of aromatic nitrogens is 6. The van der Waals surface area contributed by atoms with E-state index in [1.807, 2.05) is 67.1 Å². The average Bonchev–Trinajstić information content (AvgIpc) is 3.66. The molecule has 9 rings (SSSR count). The molecule has 0 aliphatic carbocycles. The molecule has 0 amide bonds. The normalized spacial score (nSPS) is 11.5. The van der Waals surface area contributed by atoms with Crippen molar-refractivity contribution in [2.45, 2.75) is 0 Å². The molecule has 0 spiro atoms. The quantitative estimate of drug-likeness (QED) is 0.196. The Morgan fingerprint density at radius 3 is 1.74 bits per heavy atom. The molecule has 5 aromatic heterocycles. The van der Waals surface area contributed by atoms with Crippen LogP contribution in [0.5, 0.6) is 0 Å². The molecule has 0 radical (unpaired) electrons. The molecule has 0 bridgehead atoms. The number of hydrogen-bond acceptors (Lipinski definition) is 4. The summed E-state index contributed by atoms with van der Waals surface area (Å²) in [4.78, 5) is 18.9. The van der Waals surface area contributed by atoms with Gasteiger partial charge in [-0.2, -0.15) is 0 Å². The van der Waals surface area contributed by atoms with E-state index in [9.17, 15) is 0 Å². The van der Waals surface area contributed by atoms with Crippen LogP contribution in [0.15, 0.2) is 152 Å². The van der Waals surface area contributed by atoms with Crippen molar-refractivity contribution in [1.82, 2.24) is 29.1 Å². The largest absolute Gasteiger partial charge is 0.327 e. The Balaban J connectivity index is 1.26. The molecule has 0 aliphatic heterocycles. The van der Waals surface area contributed by atoms with Gasteiger partial charge in [-0.1, -0.05) is 54.6 Å². The Morgan fingerprint density at radius 2 is 1.06 bits per heavy atom. The van der Waals surface area contributed by atoms with Gasteiger partial charge in [0, 0.05) is 64.4 Å². The second kappa shape index (κ2) is 10.9. The summed E-state index contributed by atoms with van der Waals surface area (Å²) < 4.78 is 4.53. The maximum absolute atomic E-state index is 5.10. The molecule has 6 nitrogen and oxygen atoms in total. The molecular formula is C41H28N6. The van der Waals surface area contributed by atoms with E-state index in [0.29, 0.717) is 0 Å². The fourth-order valence-electron chi connectivity index (χ4n) is 6.61. The molecule has 5 heterocycles. The number of nitrogens with zero attached hydrogens (tertiary/aromatic N) is 6. The second-order valence-corrected chi connectivity index (χ2v) is 11.7. The lowest BCUT2D eigenvalue weighted by Crippen LogP contribution is -1.96. The second-order valence-electron chi connectivity index (χ2n) is 11.7. The highest BCUT2D eigenvalue weighted by Crippen LogP contribution is 2.38. The van der Waals surface area contributed by atoms with Gasteiger partial charge in [0.2, 0.25) is 0 Å². The predicted molar refractivity (Wildman–Crippen MR) is 190 cm³/mol. The van der Waals surface area contributed by atoms with Crippen molar-refractivity contribution in [2.24, 2.45) is 7.05 Å². The molecule has 9 aromatic rings. The molecule has 0 fully saturated rings. The van der Waals surface area contributed by atoms with Crippen molar-refractivity contribution >= 4 is 32.8 Å². The van der Waals surface area contributed by atoms with Crippen LogP contribution in [-0.2, 0) is 7.05 Å². The monoisotopic (exact) mass is 604 g/mol. The highest BCUT2D eigenvalue weighted by Gasteiger charge is 2.18. The van der Waals surface area contributed by atoms with E-state index in [4.69, 9.17) is 4.98 Å². The molecule has 6 heteroatoms. The predicted octanol–water partition coefficient (Wildman–Crippen LogP) is 9.52. The molecule has 222 valence electrons. The third kappa shape index (κ3) is 4.58. The summed E-state index contributed by atoms with van der Waals surface area (Å²) in [6.45, 7) is 0. The number of imidazole rings is 1. The van der Waals surface area contributed by atoms with Gasteiger partial charge in [-0.25, -0.2) is 4.98 Å².